The minimum atomic E-state index is -0.633. The van der Waals surface area contributed by atoms with Gasteiger partial charge in [0.15, 0.2) is 0 Å². The van der Waals surface area contributed by atoms with Crippen LogP contribution in [-0.4, -0.2) is 56.7 Å². The Kier molecular flexibility index (Phi) is 6.18. The lowest BCUT2D eigenvalue weighted by Gasteiger charge is -2.29. The number of nitrogens with one attached hydrogen (secondary N) is 1. The number of hydrogen-bond donors (Lipinski definition) is 1. The van der Waals surface area contributed by atoms with Crippen LogP contribution in [0.3, 0.4) is 0 Å². The molecule has 2 aromatic carbocycles. The van der Waals surface area contributed by atoms with Crippen LogP contribution in [-0.2, 0) is 19.1 Å². The fourth-order valence-corrected chi connectivity index (χ4v) is 3.77. The Bertz CT molecular complexity index is 952. The van der Waals surface area contributed by atoms with Gasteiger partial charge in [0.25, 0.3) is 5.91 Å². The molecule has 1 N–H and O–H groups in total. The van der Waals surface area contributed by atoms with Crippen molar-refractivity contribution < 1.29 is 23.9 Å². The molecule has 2 heterocycles. The molecule has 1 atom stereocenters. The van der Waals surface area contributed by atoms with Crippen molar-refractivity contribution in [1.82, 2.24) is 0 Å². The molecule has 0 unspecified atom stereocenters. The second-order valence-electron chi connectivity index (χ2n) is 7.38. The Hall–Kier alpha value is -3.39. The van der Waals surface area contributed by atoms with E-state index in [9.17, 15) is 14.4 Å². The summed E-state index contributed by atoms with van der Waals surface area (Å²) < 4.78 is 10.3. The van der Waals surface area contributed by atoms with Crippen molar-refractivity contribution >= 4 is 34.8 Å². The Labute approximate surface area is 180 Å². The van der Waals surface area contributed by atoms with Gasteiger partial charge in [0, 0.05) is 24.5 Å². The molecular weight excluding hydrogens is 398 g/mol. The summed E-state index contributed by atoms with van der Waals surface area (Å²) in [4.78, 5) is 40.6. The standard InChI is InChI=1S/C23H25N3O5/c1-2-31-23(29)16-3-7-19(8-4-16)26-21(27)15-20(22(26)28)24-17-5-9-18(10-6-17)25-11-13-30-14-12-25/h3-10,20,24H,2,11-15H2,1H3/t20-/m0/s1. The van der Waals surface area contributed by atoms with Crippen molar-refractivity contribution in [3.05, 3.63) is 54.1 Å². The monoisotopic (exact) mass is 423 g/mol. The molecule has 0 aliphatic carbocycles. The van der Waals surface area contributed by atoms with Crippen LogP contribution in [0.15, 0.2) is 48.5 Å². The van der Waals surface area contributed by atoms with Crippen molar-refractivity contribution in [2.45, 2.75) is 19.4 Å². The van der Waals surface area contributed by atoms with Crippen LogP contribution in [0.4, 0.5) is 17.1 Å². The van der Waals surface area contributed by atoms with Crippen molar-refractivity contribution in [2.75, 3.05) is 48.0 Å². The number of esters is 1. The minimum absolute atomic E-state index is 0.0731. The van der Waals surface area contributed by atoms with E-state index in [0.717, 1.165) is 42.6 Å². The topological polar surface area (TPSA) is 88.2 Å². The lowest BCUT2D eigenvalue weighted by atomic mass is 10.2. The van der Waals surface area contributed by atoms with Crippen molar-refractivity contribution in [3.8, 4) is 0 Å². The minimum Gasteiger partial charge on any atom is -0.462 e. The number of ether oxygens (including phenoxy) is 2. The number of anilines is 3. The van der Waals surface area contributed by atoms with E-state index >= 15 is 0 Å². The maximum absolute atomic E-state index is 12.9. The second-order valence-corrected chi connectivity index (χ2v) is 7.38. The molecule has 0 radical (unpaired) electrons. The number of morpholine rings is 1. The van der Waals surface area contributed by atoms with E-state index in [-0.39, 0.29) is 24.8 Å². The van der Waals surface area contributed by atoms with Gasteiger partial charge in [-0.3, -0.25) is 9.59 Å². The fourth-order valence-electron chi connectivity index (χ4n) is 3.77. The summed E-state index contributed by atoms with van der Waals surface area (Å²) in [6, 6.07) is 13.5. The van der Waals surface area contributed by atoms with Crippen LogP contribution in [0.5, 0.6) is 0 Å². The average Bonchev–Trinajstić information content (AvgIpc) is 3.08. The number of benzene rings is 2. The number of amides is 2. The summed E-state index contributed by atoms with van der Waals surface area (Å²) in [5.41, 5.74) is 2.70. The van der Waals surface area contributed by atoms with Crippen LogP contribution >= 0.6 is 0 Å². The predicted octanol–water partition coefficient (Wildman–Crippen LogP) is 2.44. The van der Waals surface area contributed by atoms with E-state index in [4.69, 9.17) is 9.47 Å². The van der Waals surface area contributed by atoms with Gasteiger partial charge in [0.2, 0.25) is 5.91 Å². The van der Waals surface area contributed by atoms with E-state index in [0.29, 0.717) is 11.3 Å². The van der Waals surface area contributed by atoms with Crippen molar-refractivity contribution in [2.24, 2.45) is 0 Å². The molecule has 8 heteroatoms. The first-order chi connectivity index (χ1) is 15.1. The normalized spacial score (nSPS) is 18.9. The zero-order valence-electron chi connectivity index (χ0n) is 17.4. The Morgan fingerprint density at radius 1 is 1.03 bits per heavy atom. The third-order valence-corrected chi connectivity index (χ3v) is 5.37. The maximum Gasteiger partial charge on any atom is 0.338 e. The van der Waals surface area contributed by atoms with Crippen LogP contribution in [0.1, 0.15) is 23.7 Å². The van der Waals surface area contributed by atoms with Gasteiger partial charge in [-0.1, -0.05) is 0 Å². The average molecular weight is 423 g/mol. The number of hydrogen-bond acceptors (Lipinski definition) is 7. The van der Waals surface area contributed by atoms with Crippen molar-refractivity contribution in [1.29, 1.82) is 0 Å². The second kappa shape index (κ2) is 9.18. The van der Waals surface area contributed by atoms with Gasteiger partial charge in [0.1, 0.15) is 6.04 Å². The molecule has 2 fully saturated rings. The molecule has 2 aromatic rings. The zero-order chi connectivity index (χ0) is 21.8. The highest BCUT2D eigenvalue weighted by Crippen LogP contribution is 2.26. The SMILES string of the molecule is CCOC(=O)c1ccc(N2C(=O)C[C@H](Nc3ccc(N4CCOCC4)cc3)C2=O)cc1. The number of rotatable bonds is 6. The molecule has 31 heavy (non-hydrogen) atoms. The van der Waals surface area contributed by atoms with Gasteiger partial charge in [-0.25, -0.2) is 9.69 Å². The summed E-state index contributed by atoms with van der Waals surface area (Å²) in [6.07, 6.45) is 0.0731. The first kappa shape index (κ1) is 20.9. The Balaban J connectivity index is 1.41. The predicted molar refractivity (Wildman–Crippen MR) is 116 cm³/mol. The largest absolute Gasteiger partial charge is 0.462 e. The summed E-state index contributed by atoms with van der Waals surface area (Å²) in [5, 5.41) is 3.17. The smallest absolute Gasteiger partial charge is 0.338 e. The van der Waals surface area contributed by atoms with Gasteiger partial charge in [-0.15, -0.1) is 0 Å². The third-order valence-electron chi connectivity index (χ3n) is 5.37. The molecule has 0 bridgehead atoms. The van der Waals surface area contributed by atoms with Crippen LogP contribution in [0.2, 0.25) is 0 Å². The lowest BCUT2D eigenvalue weighted by molar-refractivity contribution is -0.121. The highest BCUT2D eigenvalue weighted by atomic mass is 16.5. The van der Waals surface area contributed by atoms with Crippen LogP contribution in [0, 0.1) is 0 Å². The molecule has 2 aliphatic heterocycles. The molecule has 8 nitrogen and oxygen atoms in total. The fraction of sp³-hybridized carbons (Fsp3) is 0.348. The van der Waals surface area contributed by atoms with Gasteiger partial charge in [0.05, 0.1) is 37.5 Å². The molecule has 0 saturated carbocycles. The summed E-state index contributed by atoms with van der Waals surface area (Å²) >= 11 is 0. The molecule has 2 aliphatic rings. The van der Waals surface area contributed by atoms with E-state index in [2.05, 4.69) is 10.2 Å². The molecule has 2 amide bonds. The molecule has 0 aromatic heterocycles. The van der Waals surface area contributed by atoms with Gasteiger partial charge in [-0.2, -0.15) is 0 Å². The Morgan fingerprint density at radius 2 is 1.68 bits per heavy atom. The van der Waals surface area contributed by atoms with Gasteiger partial charge < -0.3 is 19.7 Å². The van der Waals surface area contributed by atoms with Crippen LogP contribution < -0.4 is 15.1 Å². The lowest BCUT2D eigenvalue weighted by Crippen LogP contribution is -2.36. The zero-order valence-corrected chi connectivity index (χ0v) is 17.4. The molecule has 4 rings (SSSR count). The van der Waals surface area contributed by atoms with E-state index in [1.54, 1.807) is 31.2 Å². The van der Waals surface area contributed by atoms with Gasteiger partial charge >= 0.3 is 5.97 Å². The first-order valence-electron chi connectivity index (χ1n) is 10.4. The summed E-state index contributed by atoms with van der Waals surface area (Å²) in [7, 11) is 0. The maximum atomic E-state index is 12.9. The first-order valence-corrected chi connectivity index (χ1v) is 10.4. The number of carbonyl (C=O) groups is 3. The quantitative estimate of drug-likeness (QED) is 0.564. The van der Waals surface area contributed by atoms with E-state index in [1.165, 1.54) is 0 Å². The highest BCUT2D eigenvalue weighted by molar-refractivity contribution is 6.23. The summed E-state index contributed by atoms with van der Waals surface area (Å²) in [6.45, 7) is 5.16. The van der Waals surface area contributed by atoms with Crippen LogP contribution in [0.25, 0.3) is 0 Å². The van der Waals surface area contributed by atoms with Crippen molar-refractivity contribution in [3.63, 3.8) is 0 Å². The van der Waals surface area contributed by atoms with Gasteiger partial charge in [-0.05, 0) is 55.5 Å². The number of nitrogens with zero attached hydrogens (tertiary/aromatic N) is 2. The highest BCUT2D eigenvalue weighted by Gasteiger charge is 2.39. The van der Waals surface area contributed by atoms with E-state index in [1.807, 2.05) is 24.3 Å². The molecule has 162 valence electrons. The third kappa shape index (κ3) is 4.54. The number of carbonyl (C=O) groups excluding carboxylic acids is 3. The molecular formula is C23H25N3O5. The molecule has 2 saturated heterocycles. The Morgan fingerprint density at radius 3 is 2.32 bits per heavy atom. The summed E-state index contributed by atoms with van der Waals surface area (Å²) in [5.74, 6) is -1.03. The number of imide groups is 1. The molecule has 0 spiro atoms. The van der Waals surface area contributed by atoms with E-state index < -0.39 is 12.0 Å².